The summed E-state index contributed by atoms with van der Waals surface area (Å²) in [5, 5.41) is 0.798. The highest BCUT2D eigenvalue weighted by atomic mass is 35.5. The third-order valence-corrected chi connectivity index (χ3v) is 2.47. The van der Waals surface area contributed by atoms with Crippen molar-refractivity contribution in [2.24, 2.45) is 0 Å². The van der Waals surface area contributed by atoms with Crippen molar-refractivity contribution >= 4 is 29.1 Å². The van der Waals surface area contributed by atoms with Gasteiger partial charge in [0.1, 0.15) is 0 Å². The number of rotatable bonds is 2. The summed E-state index contributed by atoms with van der Waals surface area (Å²) in [4.78, 5) is 11.7. The van der Waals surface area contributed by atoms with E-state index >= 15 is 0 Å². The Morgan fingerprint density at radius 1 is 1.19 bits per heavy atom. The van der Waals surface area contributed by atoms with Gasteiger partial charge in [-0.2, -0.15) is 0 Å². The Balaban J connectivity index is 2.70. The molecule has 16 heavy (non-hydrogen) atoms. The summed E-state index contributed by atoms with van der Waals surface area (Å²) >= 11 is 11.6. The van der Waals surface area contributed by atoms with E-state index in [-0.39, 0.29) is 11.4 Å². The molecule has 0 aliphatic carbocycles. The highest BCUT2D eigenvalue weighted by Gasteiger charge is 2.12. The van der Waals surface area contributed by atoms with Crippen molar-refractivity contribution in [2.75, 3.05) is 0 Å². The fourth-order valence-electron chi connectivity index (χ4n) is 0.954. The number of hydrazine groups is 1. The second-order valence-corrected chi connectivity index (χ2v) is 5.27. The second-order valence-electron chi connectivity index (χ2n) is 4.46. The summed E-state index contributed by atoms with van der Waals surface area (Å²) in [6, 6.07) is 4.74. The first-order chi connectivity index (χ1) is 7.29. The van der Waals surface area contributed by atoms with E-state index in [4.69, 9.17) is 23.2 Å². The van der Waals surface area contributed by atoms with Gasteiger partial charge >= 0.3 is 0 Å². The SMILES string of the molecule is CC(C)(C)NNC(=O)c1ccc(Cl)c(Cl)c1. The molecule has 0 spiro atoms. The molecule has 0 radical (unpaired) electrons. The summed E-state index contributed by atoms with van der Waals surface area (Å²) in [5.74, 6) is -0.242. The molecule has 88 valence electrons. The topological polar surface area (TPSA) is 41.1 Å². The van der Waals surface area contributed by atoms with Crippen molar-refractivity contribution in [3.8, 4) is 0 Å². The van der Waals surface area contributed by atoms with Crippen molar-refractivity contribution < 1.29 is 4.79 Å². The molecular weight excluding hydrogens is 247 g/mol. The molecule has 0 unspecified atom stereocenters. The molecule has 0 saturated carbocycles. The summed E-state index contributed by atoms with van der Waals surface area (Å²) in [7, 11) is 0. The molecular formula is C11H14Cl2N2O. The number of hydrogen-bond donors (Lipinski definition) is 2. The van der Waals surface area contributed by atoms with Gasteiger partial charge in [0.2, 0.25) is 0 Å². The molecule has 1 rings (SSSR count). The molecule has 0 heterocycles. The molecule has 5 heteroatoms. The fraction of sp³-hybridized carbons (Fsp3) is 0.364. The predicted molar refractivity (Wildman–Crippen MR) is 66.8 cm³/mol. The summed E-state index contributed by atoms with van der Waals surface area (Å²) < 4.78 is 0. The first kappa shape index (κ1) is 13.3. The monoisotopic (exact) mass is 260 g/mol. The molecule has 0 saturated heterocycles. The van der Waals surface area contributed by atoms with E-state index in [1.54, 1.807) is 12.1 Å². The third-order valence-electron chi connectivity index (χ3n) is 1.73. The summed E-state index contributed by atoms with van der Waals surface area (Å²) in [5.41, 5.74) is 5.75. The van der Waals surface area contributed by atoms with Crippen LogP contribution in [0, 0.1) is 0 Å². The Kier molecular flexibility index (Phi) is 4.19. The van der Waals surface area contributed by atoms with Gasteiger partial charge in [-0.1, -0.05) is 23.2 Å². The average Bonchev–Trinajstić information content (AvgIpc) is 2.17. The van der Waals surface area contributed by atoms with Crippen LogP contribution in [0.25, 0.3) is 0 Å². The van der Waals surface area contributed by atoms with Crippen molar-refractivity contribution in [3.05, 3.63) is 33.8 Å². The molecule has 1 aromatic rings. The lowest BCUT2D eigenvalue weighted by Gasteiger charge is -2.20. The summed E-state index contributed by atoms with van der Waals surface area (Å²) in [6.45, 7) is 5.84. The number of benzene rings is 1. The standard InChI is InChI=1S/C11H14Cl2N2O/c1-11(2,3)15-14-10(16)7-4-5-8(12)9(13)6-7/h4-6,15H,1-3H3,(H,14,16). The summed E-state index contributed by atoms with van der Waals surface area (Å²) in [6.07, 6.45) is 0. The Hall–Kier alpha value is -0.770. The number of amides is 1. The van der Waals surface area contributed by atoms with Crippen LogP contribution in [0.2, 0.25) is 10.0 Å². The molecule has 0 fully saturated rings. The quantitative estimate of drug-likeness (QED) is 0.803. The van der Waals surface area contributed by atoms with Crippen molar-refractivity contribution in [1.29, 1.82) is 0 Å². The van der Waals surface area contributed by atoms with Gasteiger partial charge in [-0.25, -0.2) is 5.43 Å². The van der Waals surface area contributed by atoms with E-state index in [0.29, 0.717) is 15.6 Å². The average molecular weight is 261 g/mol. The maximum atomic E-state index is 11.7. The Morgan fingerprint density at radius 3 is 2.31 bits per heavy atom. The van der Waals surface area contributed by atoms with Gasteiger partial charge in [-0.3, -0.25) is 10.2 Å². The van der Waals surface area contributed by atoms with E-state index in [1.807, 2.05) is 20.8 Å². The minimum atomic E-state index is -0.242. The van der Waals surface area contributed by atoms with Crippen LogP contribution in [0.3, 0.4) is 0 Å². The van der Waals surface area contributed by atoms with Crippen LogP contribution in [0.4, 0.5) is 0 Å². The van der Waals surface area contributed by atoms with Gasteiger partial charge in [0.25, 0.3) is 5.91 Å². The van der Waals surface area contributed by atoms with Gasteiger partial charge in [0, 0.05) is 11.1 Å². The number of carbonyl (C=O) groups excluding carboxylic acids is 1. The van der Waals surface area contributed by atoms with Crippen LogP contribution >= 0.6 is 23.2 Å². The molecule has 0 aromatic heterocycles. The predicted octanol–water partition coefficient (Wildman–Crippen LogP) is 3.03. The lowest BCUT2D eigenvalue weighted by Crippen LogP contribution is -2.48. The van der Waals surface area contributed by atoms with Crippen molar-refractivity contribution in [1.82, 2.24) is 10.9 Å². The number of hydrogen-bond acceptors (Lipinski definition) is 2. The second kappa shape index (κ2) is 5.04. The molecule has 2 N–H and O–H groups in total. The van der Waals surface area contributed by atoms with Crippen LogP contribution in [-0.2, 0) is 0 Å². The van der Waals surface area contributed by atoms with Gasteiger partial charge < -0.3 is 0 Å². The highest BCUT2D eigenvalue weighted by Crippen LogP contribution is 2.22. The Bertz CT molecular complexity index is 399. The Morgan fingerprint density at radius 2 is 1.81 bits per heavy atom. The van der Waals surface area contributed by atoms with Crippen molar-refractivity contribution in [3.63, 3.8) is 0 Å². The minimum absolute atomic E-state index is 0.189. The largest absolute Gasteiger partial charge is 0.287 e. The van der Waals surface area contributed by atoms with E-state index in [2.05, 4.69) is 10.9 Å². The van der Waals surface area contributed by atoms with Crippen LogP contribution in [0.5, 0.6) is 0 Å². The Labute approximate surface area is 105 Å². The maximum absolute atomic E-state index is 11.7. The molecule has 1 aromatic carbocycles. The van der Waals surface area contributed by atoms with Gasteiger partial charge in [0.15, 0.2) is 0 Å². The molecule has 0 bridgehead atoms. The molecule has 0 aliphatic rings. The van der Waals surface area contributed by atoms with Crippen LogP contribution in [0.1, 0.15) is 31.1 Å². The molecule has 0 aliphatic heterocycles. The van der Waals surface area contributed by atoms with Crippen LogP contribution in [0.15, 0.2) is 18.2 Å². The number of halogens is 2. The normalized spacial score (nSPS) is 11.3. The first-order valence-corrected chi connectivity index (χ1v) is 5.58. The van der Waals surface area contributed by atoms with Gasteiger partial charge in [-0.05, 0) is 39.0 Å². The molecule has 1 amide bonds. The first-order valence-electron chi connectivity index (χ1n) is 4.82. The fourth-order valence-corrected chi connectivity index (χ4v) is 1.25. The van der Waals surface area contributed by atoms with Crippen molar-refractivity contribution in [2.45, 2.75) is 26.3 Å². The van der Waals surface area contributed by atoms with E-state index < -0.39 is 0 Å². The molecule has 3 nitrogen and oxygen atoms in total. The van der Waals surface area contributed by atoms with Gasteiger partial charge in [-0.15, -0.1) is 0 Å². The van der Waals surface area contributed by atoms with E-state index in [1.165, 1.54) is 6.07 Å². The minimum Gasteiger partial charge on any atom is -0.287 e. The smallest absolute Gasteiger partial charge is 0.265 e. The molecule has 0 atom stereocenters. The number of nitrogens with one attached hydrogen (secondary N) is 2. The zero-order valence-corrected chi connectivity index (χ0v) is 10.9. The zero-order valence-electron chi connectivity index (χ0n) is 9.40. The van der Waals surface area contributed by atoms with E-state index in [9.17, 15) is 4.79 Å². The van der Waals surface area contributed by atoms with Crippen LogP contribution < -0.4 is 10.9 Å². The zero-order chi connectivity index (χ0) is 12.3. The third kappa shape index (κ3) is 4.00. The van der Waals surface area contributed by atoms with E-state index in [0.717, 1.165) is 0 Å². The lowest BCUT2D eigenvalue weighted by atomic mass is 10.1. The lowest BCUT2D eigenvalue weighted by molar-refractivity contribution is 0.0914. The number of carbonyl (C=O) groups is 1. The maximum Gasteiger partial charge on any atom is 0.265 e. The highest BCUT2D eigenvalue weighted by molar-refractivity contribution is 6.42. The van der Waals surface area contributed by atoms with Crippen LogP contribution in [-0.4, -0.2) is 11.4 Å². The van der Waals surface area contributed by atoms with Gasteiger partial charge in [0.05, 0.1) is 10.0 Å².